The number of hydrogen-bond acceptors (Lipinski definition) is 3. The van der Waals surface area contributed by atoms with Gasteiger partial charge in [-0.05, 0) is 31.4 Å². The maximum atomic E-state index is 5.87. The molecule has 4 heteroatoms. The van der Waals surface area contributed by atoms with E-state index in [9.17, 15) is 0 Å². The fourth-order valence-corrected chi connectivity index (χ4v) is 2.45. The molecule has 0 saturated heterocycles. The Morgan fingerprint density at radius 1 is 1.47 bits per heavy atom. The quantitative estimate of drug-likeness (QED) is 0.874. The minimum atomic E-state index is 0.525. The highest BCUT2D eigenvalue weighted by Crippen LogP contribution is 2.30. The molecule has 0 radical (unpaired) electrons. The Morgan fingerprint density at radius 3 is 2.94 bits per heavy atom. The summed E-state index contributed by atoms with van der Waals surface area (Å²) in [5.41, 5.74) is 7.96. The van der Waals surface area contributed by atoms with Crippen LogP contribution >= 0.6 is 0 Å². The molecule has 1 saturated carbocycles. The Morgan fingerprint density at radius 2 is 2.29 bits per heavy atom. The van der Waals surface area contributed by atoms with Gasteiger partial charge in [-0.3, -0.25) is 0 Å². The molecule has 2 N–H and O–H groups in total. The summed E-state index contributed by atoms with van der Waals surface area (Å²) in [6.45, 7) is 0.525. The van der Waals surface area contributed by atoms with Gasteiger partial charge in [-0.1, -0.05) is 6.07 Å². The molecule has 0 bridgehead atoms. The summed E-state index contributed by atoms with van der Waals surface area (Å²) in [6.07, 6.45) is 5.91. The van der Waals surface area contributed by atoms with Crippen molar-refractivity contribution < 1.29 is 0 Å². The zero-order valence-corrected chi connectivity index (χ0v) is 10.1. The van der Waals surface area contributed by atoms with Gasteiger partial charge in [-0.25, -0.2) is 4.98 Å². The first-order valence-corrected chi connectivity index (χ1v) is 6.20. The predicted molar refractivity (Wildman–Crippen MR) is 69.1 cm³/mol. The average Bonchev–Trinajstić information content (AvgIpc) is 2.64. The van der Waals surface area contributed by atoms with E-state index in [2.05, 4.69) is 16.3 Å². The van der Waals surface area contributed by atoms with Gasteiger partial charge in [0.2, 0.25) is 0 Å². The van der Waals surface area contributed by atoms with Gasteiger partial charge in [0.1, 0.15) is 5.65 Å². The summed E-state index contributed by atoms with van der Waals surface area (Å²) in [7, 11) is 2.13. The zero-order chi connectivity index (χ0) is 11.8. The molecule has 1 aliphatic carbocycles. The minimum absolute atomic E-state index is 0.525. The summed E-state index contributed by atoms with van der Waals surface area (Å²) in [4.78, 5) is 6.99. The Hall–Kier alpha value is -1.55. The molecule has 0 spiro atoms. The topological polar surface area (TPSA) is 46.6 Å². The number of fused-ring (bicyclic) bond motifs is 1. The molecule has 0 aliphatic heterocycles. The van der Waals surface area contributed by atoms with E-state index in [0.29, 0.717) is 12.6 Å². The monoisotopic (exact) mass is 230 g/mol. The van der Waals surface area contributed by atoms with Crippen molar-refractivity contribution >= 4 is 11.5 Å². The van der Waals surface area contributed by atoms with E-state index in [1.807, 2.05) is 24.4 Å². The number of nitrogens with zero attached hydrogens (tertiary/aromatic N) is 3. The van der Waals surface area contributed by atoms with Crippen LogP contribution in [0.5, 0.6) is 0 Å². The Bertz CT molecular complexity index is 527. The summed E-state index contributed by atoms with van der Waals surface area (Å²) >= 11 is 0. The number of pyridine rings is 1. The molecule has 2 aromatic rings. The molecule has 2 aromatic heterocycles. The van der Waals surface area contributed by atoms with Gasteiger partial charge < -0.3 is 15.0 Å². The first-order valence-electron chi connectivity index (χ1n) is 6.20. The van der Waals surface area contributed by atoms with Gasteiger partial charge in [0.05, 0.1) is 5.69 Å². The van der Waals surface area contributed by atoms with Gasteiger partial charge in [0.25, 0.3) is 0 Å². The highest BCUT2D eigenvalue weighted by atomic mass is 15.2. The van der Waals surface area contributed by atoms with Crippen LogP contribution in [0.25, 0.3) is 5.65 Å². The van der Waals surface area contributed by atoms with Gasteiger partial charge in [0.15, 0.2) is 5.82 Å². The van der Waals surface area contributed by atoms with Crippen LogP contribution in [0, 0.1) is 0 Å². The number of nitrogens with two attached hydrogens (primary N) is 1. The minimum Gasteiger partial charge on any atom is -0.355 e. The first kappa shape index (κ1) is 10.6. The van der Waals surface area contributed by atoms with Crippen molar-refractivity contribution in [1.29, 1.82) is 0 Å². The first-order chi connectivity index (χ1) is 8.31. The molecular formula is C13H18N4. The number of imidazole rings is 1. The fourth-order valence-electron chi connectivity index (χ4n) is 2.45. The molecule has 0 atom stereocenters. The van der Waals surface area contributed by atoms with Crippen LogP contribution in [0.15, 0.2) is 24.4 Å². The number of rotatable bonds is 3. The molecule has 0 amide bonds. The van der Waals surface area contributed by atoms with Crippen LogP contribution in [-0.4, -0.2) is 22.5 Å². The molecule has 2 heterocycles. The third-order valence-electron chi connectivity index (χ3n) is 3.76. The number of hydrogen-bond donors (Lipinski definition) is 1. The summed E-state index contributed by atoms with van der Waals surface area (Å²) in [6, 6.07) is 6.69. The molecule has 1 fully saturated rings. The Labute approximate surface area is 101 Å². The largest absolute Gasteiger partial charge is 0.355 e. The van der Waals surface area contributed by atoms with Gasteiger partial charge in [0, 0.05) is 25.8 Å². The van der Waals surface area contributed by atoms with Crippen molar-refractivity contribution in [1.82, 2.24) is 9.38 Å². The summed E-state index contributed by atoms with van der Waals surface area (Å²) in [5, 5.41) is 0. The third-order valence-corrected chi connectivity index (χ3v) is 3.76. The lowest BCUT2D eigenvalue weighted by molar-refractivity contribution is 0.399. The lowest BCUT2D eigenvalue weighted by Crippen LogP contribution is -2.38. The van der Waals surface area contributed by atoms with Crippen molar-refractivity contribution in [3.05, 3.63) is 30.1 Å². The number of anilines is 1. The second-order valence-electron chi connectivity index (χ2n) is 4.71. The van der Waals surface area contributed by atoms with Crippen LogP contribution in [0.2, 0.25) is 0 Å². The van der Waals surface area contributed by atoms with E-state index >= 15 is 0 Å². The molecule has 90 valence electrons. The number of aromatic nitrogens is 2. The van der Waals surface area contributed by atoms with Crippen LogP contribution in [-0.2, 0) is 6.54 Å². The van der Waals surface area contributed by atoms with Crippen molar-refractivity contribution in [3.63, 3.8) is 0 Å². The van der Waals surface area contributed by atoms with Crippen molar-refractivity contribution in [2.45, 2.75) is 31.8 Å². The average molecular weight is 230 g/mol. The molecule has 3 rings (SSSR count). The summed E-state index contributed by atoms with van der Waals surface area (Å²) in [5.74, 6) is 1.04. The second kappa shape index (κ2) is 4.04. The third kappa shape index (κ3) is 1.60. The predicted octanol–water partition coefficient (Wildman–Crippen LogP) is 1.78. The molecule has 4 nitrogen and oxygen atoms in total. The van der Waals surface area contributed by atoms with E-state index < -0.39 is 0 Å². The SMILES string of the molecule is CN(c1nc2ccccn2c1CN)C1CCC1. The van der Waals surface area contributed by atoms with Gasteiger partial charge in [-0.2, -0.15) is 0 Å². The summed E-state index contributed by atoms with van der Waals surface area (Å²) < 4.78 is 2.09. The van der Waals surface area contributed by atoms with Crippen LogP contribution in [0.4, 0.5) is 5.82 Å². The van der Waals surface area contributed by atoms with E-state index in [1.54, 1.807) is 0 Å². The lowest BCUT2D eigenvalue weighted by Gasteiger charge is -2.35. The zero-order valence-electron chi connectivity index (χ0n) is 10.1. The normalized spacial score (nSPS) is 16.1. The highest BCUT2D eigenvalue weighted by molar-refractivity contribution is 5.56. The molecule has 17 heavy (non-hydrogen) atoms. The van der Waals surface area contributed by atoms with E-state index in [4.69, 9.17) is 10.7 Å². The lowest BCUT2D eigenvalue weighted by atomic mass is 9.92. The van der Waals surface area contributed by atoms with Gasteiger partial charge >= 0.3 is 0 Å². The highest BCUT2D eigenvalue weighted by Gasteiger charge is 2.25. The fraction of sp³-hybridized carbons (Fsp3) is 0.462. The standard InChI is InChI=1S/C13H18N4/c1-16(10-5-4-6-10)13-11(9-14)17-8-3-2-7-12(17)15-13/h2-3,7-8,10H,4-6,9,14H2,1H3. The Kier molecular flexibility index (Phi) is 2.52. The van der Waals surface area contributed by atoms with Crippen molar-refractivity contribution in [3.8, 4) is 0 Å². The van der Waals surface area contributed by atoms with E-state index in [1.165, 1.54) is 19.3 Å². The van der Waals surface area contributed by atoms with Crippen molar-refractivity contribution in [2.24, 2.45) is 5.73 Å². The van der Waals surface area contributed by atoms with Crippen molar-refractivity contribution in [2.75, 3.05) is 11.9 Å². The maximum Gasteiger partial charge on any atom is 0.152 e. The molecule has 0 aromatic carbocycles. The molecule has 0 unspecified atom stereocenters. The van der Waals surface area contributed by atoms with E-state index in [0.717, 1.165) is 17.2 Å². The smallest absolute Gasteiger partial charge is 0.152 e. The molecular weight excluding hydrogens is 212 g/mol. The van der Waals surface area contributed by atoms with Gasteiger partial charge in [-0.15, -0.1) is 0 Å². The van der Waals surface area contributed by atoms with Crippen LogP contribution < -0.4 is 10.6 Å². The van der Waals surface area contributed by atoms with Crippen LogP contribution in [0.1, 0.15) is 25.0 Å². The second-order valence-corrected chi connectivity index (χ2v) is 4.71. The Balaban J connectivity index is 2.08. The maximum absolute atomic E-state index is 5.87. The van der Waals surface area contributed by atoms with E-state index in [-0.39, 0.29) is 0 Å². The molecule has 1 aliphatic rings. The van der Waals surface area contributed by atoms with Crippen LogP contribution in [0.3, 0.4) is 0 Å².